The zero-order valence-corrected chi connectivity index (χ0v) is 13.8. The highest BCUT2D eigenvalue weighted by Gasteiger charge is 2.16. The molecule has 0 aromatic heterocycles. The van der Waals surface area contributed by atoms with Gasteiger partial charge in [0, 0.05) is 24.3 Å². The molecule has 4 heteroatoms. The van der Waals surface area contributed by atoms with Crippen LogP contribution in [0, 0.1) is 5.92 Å². The van der Waals surface area contributed by atoms with Crippen molar-refractivity contribution in [1.29, 1.82) is 0 Å². The van der Waals surface area contributed by atoms with Gasteiger partial charge < -0.3 is 10.0 Å². The maximum Gasteiger partial charge on any atom is 0.308 e. The topological polar surface area (TPSA) is 57.6 Å². The molecule has 0 fully saturated rings. The van der Waals surface area contributed by atoms with E-state index in [0.717, 1.165) is 25.1 Å². The minimum Gasteiger partial charge on any atom is -0.481 e. The van der Waals surface area contributed by atoms with Crippen LogP contribution in [-0.4, -0.2) is 29.9 Å². The van der Waals surface area contributed by atoms with Crippen LogP contribution in [-0.2, 0) is 4.79 Å². The van der Waals surface area contributed by atoms with Gasteiger partial charge in [0.05, 0.1) is 5.92 Å². The van der Waals surface area contributed by atoms with Gasteiger partial charge in [-0.3, -0.25) is 9.59 Å². The number of carboxylic acid groups (broad SMARTS) is 1. The van der Waals surface area contributed by atoms with E-state index in [1.165, 1.54) is 12.8 Å². The van der Waals surface area contributed by atoms with Crippen molar-refractivity contribution in [3.63, 3.8) is 0 Å². The van der Waals surface area contributed by atoms with Crippen molar-refractivity contribution in [2.24, 2.45) is 5.92 Å². The van der Waals surface area contributed by atoms with Crippen LogP contribution in [0.25, 0.3) is 0 Å². The summed E-state index contributed by atoms with van der Waals surface area (Å²) in [6, 6.07) is 7.43. The third kappa shape index (κ3) is 5.88. The molecule has 0 aliphatic rings. The third-order valence-corrected chi connectivity index (χ3v) is 3.84. The second-order valence-corrected chi connectivity index (χ2v) is 5.85. The third-order valence-electron chi connectivity index (χ3n) is 3.84. The monoisotopic (exact) mass is 305 g/mol. The number of anilines is 1. The molecule has 0 aliphatic heterocycles. The van der Waals surface area contributed by atoms with Gasteiger partial charge in [-0.15, -0.1) is 0 Å². The van der Waals surface area contributed by atoms with E-state index in [-0.39, 0.29) is 5.78 Å². The standard InChI is InChI=1S/C18H27NO3/c1-4-5-6-7-12-19(13-14(2)18(21)22)17-10-8-16(9-11-17)15(3)20/h8-11,14H,4-7,12-13H2,1-3H3,(H,21,22). The molecule has 1 aromatic rings. The van der Waals surface area contributed by atoms with Gasteiger partial charge in [0.25, 0.3) is 0 Å². The van der Waals surface area contributed by atoms with Crippen molar-refractivity contribution in [2.75, 3.05) is 18.0 Å². The van der Waals surface area contributed by atoms with Gasteiger partial charge in [-0.25, -0.2) is 0 Å². The second-order valence-electron chi connectivity index (χ2n) is 5.85. The molecule has 0 heterocycles. The fourth-order valence-electron chi connectivity index (χ4n) is 2.37. The highest BCUT2D eigenvalue weighted by atomic mass is 16.4. The Hall–Kier alpha value is -1.84. The highest BCUT2D eigenvalue weighted by Crippen LogP contribution is 2.18. The Morgan fingerprint density at radius 1 is 1.14 bits per heavy atom. The lowest BCUT2D eigenvalue weighted by Gasteiger charge is -2.27. The van der Waals surface area contributed by atoms with E-state index in [0.29, 0.717) is 12.1 Å². The molecule has 1 atom stereocenters. The number of aliphatic carboxylic acids is 1. The van der Waals surface area contributed by atoms with Crippen molar-refractivity contribution in [3.05, 3.63) is 29.8 Å². The Morgan fingerprint density at radius 2 is 1.77 bits per heavy atom. The molecule has 22 heavy (non-hydrogen) atoms. The number of ketones is 1. The number of hydrogen-bond acceptors (Lipinski definition) is 3. The maximum atomic E-state index is 11.3. The van der Waals surface area contributed by atoms with E-state index in [2.05, 4.69) is 11.8 Å². The number of unbranched alkanes of at least 4 members (excludes halogenated alkanes) is 3. The zero-order chi connectivity index (χ0) is 16.5. The van der Waals surface area contributed by atoms with E-state index in [1.807, 2.05) is 24.3 Å². The van der Waals surface area contributed by atoms with E-state index < -0.39 is 11.9 Å². The van der Waals surface area contributed by atoms with Gasteiger partial charge in [0.2, 0.25) is 0 Å². The first-order valence-corrected chi connectivity index (χ1v) is 8.04. The molecule has 0 bridgehead atoms. The summed E-state index contributed by atoms with van der Waals surface area (Å²) in [5.41, 5.74) is 1.66. The van der Waals surface area contributed by atoms with Crippen LogP contribution in [0.3, 0.4) is 0 Å². The summed E-state index contributed by atoms with van der Waals surface area (Å²) in [6.07, 6.45) is 4.58. The van der Waals surface area contributed by atoms with Crippen molar-refractivity contribution in [1.82, 2.24) is 0 Å². The fraction of sp³-hybridized carbons (Fsp3) is 0.556. The largest absolute Gasteiger partial charge is 0.481 e. The number of hydrogen-bond donors (Lipinski definition) is 1. The first kappa shape index (κ1) is 18.2. The molecule has 1 aromatic carbocycles. The Kier molecular flexibility index (Phi) is 7.64. The normalized spacial score (nSPS) is 12.0. The van der Waals surface area contributed by atoms with Gasteiger partial charge in [0.1, 0.15) is 0 Å². The number of carboxylic acids is 1. The van der Waals surface area contributed by atoms with Crippen LogP contribution in [0.2, 0.25) is 0 Å². The summed E-state index contributed by atoms with van der Waals surface area (Å²) < 4.78 is 0. The van der Waals surface area contributed by atoms with Crippen molar-refractivity contribution in [3.8, 4) is 0 Å². The number of carbonyl (C=O) groups is 2. The molecule has 0 saturated heterocycles. The molecule has 0 amide bonds. The van der Waals surface area contributed by atoms with E-state index >= 15 is 0 Å². The van der Waals surface area contributed by atoms with Gasteiger partial charge in [-0.1, -0.05) is 33.1 Å². The zero-order valence-electron chi connectivity index (χ0n) is 13.8. The van der Waals surface area contributed by atoms with Crippen molar-refractivity contribution >= 4 is 17.4 Å². The van der Waals surface area contributed by atoms with Crippen LogP contribution < -0.4 is 4.90 Å². The fourth-order valence-corrected chi connectivity index (χ4v) is 2.37. The summed E-state index contributed by atoms with van der Waals surface area (Å²) in [5.74, 6) is -1.16. The van der Waals surface area contributed by atoms with Crippen LogP contribution in [0.1, 0.15) is 56.8 Å². The summed E-state index contributed by atoms with van der Waals surface area (Å²) in [7, 11) is 0. The second kappa shape index (κ2) is 9.23. The van der Waals surface area contributed by atoms with Gasteiger partial charge in [0.15, 0.2) is 5.78 Å². The van der Waals surface area contributed by atoms with Crippen molar-refractivity contribution in [2.45, 2.75) is 46.5 Å². The van der Waals surface area contributed by atoms with Gasteiger partial charge >= 0.3 is 5.97 Å². The summed E-state index contributed by atoms with van der Waals surface area (Å²) in [4.78, 5) is 24.6. The number of carbonyl (C=O) groups excluding carboxylic acids is 1. The Morgan fingerprint density at radius 3 is 2.27 bits per heavy atom. The van der Waals surface area contributed by atoms with E-state index in [9.17, 15) is 9.59 Å². The van der Waals surface area contributed by atoms with Crippen LogP contribution in [0.4, 0.5) is 5.69 Å². The molecule has 0 aliphatic carbocycles. The highest BCUT2D eigenvalue weighted by molar-refractivity contribution is 5.94. The molecular formula is C18H27NO3. The molecular weight excluding hydrogens is 278 g/mol. The predicted molar refractivity (Wildman–Crippen MR) is 89.6 cm³/mol. The molecule has 1 unspecified atom stereocenters. The maximum absolute atomic E-state index is 11.3. The number of nitrogens with zero attached hydrogens (tertiary/aromatic N) is 1. The minimum atomic E-state index is -0.779. The molecule has 1 N–H and O–H groups in total. The average molecular weight is 305 g/mol. The first-order valence-electron chi connectivity index (χ1n) is 8.04. The minimum absolute atomic E-state index is 0.0416. The molecule has 122 valence electrons. The lowest BCUT2D eigenvalue weighted by Crippen LogP contribution is -2.32. The molecule has 0 radical (unpaired) electrons. The number of Topliss-reactive ketones (excluding diaryl/α,β-unsaturated/α-hetero) is 1. The molecule has 1 rings (SSSR count). The van der Waals surface area contributed by atoms with Gasteiger partial charge in [-0.2, -0.15) is 0 Å². The van der Waals surface area contributed by atoms with Crippen LogP contribution in [0.15, 0.2) is 24.3 Å². The summed E-state index contributed by atoms with van der Waals surface area (Å²) >= 11 is 0. The number of benzene rings is 1. The van der Waals surface area contributed by atoms with Gasteiger partial charge in [-0.05, 0) is 37.6 Å². The Bertz CT molecular complexity index is 482. The number of rotatable bonds is 10. The quantitative estimate of drug-likeness (QED) is 0.524. The summed E-state index contributed by atoms with van der Waals surface area (Å²) in [5, 5.41) is 9.13. The van der Waals surface area contributed by atoms with Crippen molar-refractivity contribution < 1.29 is 14.7 Å². The van der Waals surface area contributed by atoms with Crippen LogP contribution >= 0.6 is 0 Å². The van der Waals surface area contributed by atoms with E-state index in [4.69, 9.17) is 5.11 Å². The SMILES string of the molecule is CCCCCCN(CC(C)C(=O)O)c1ccc(C(C)=O)cc1. The molecule has 4 nitrogen and oxygen atoms in total. The molecule has 0 spiro atoms. The smallest absolute Gasteiger partial charge is 0.308 e. The van der Waals surface area contributed by atoms with Crippen LogP contribution in [0.5, 0.6) is 0 Å². The average Bonchev–Trinajstić information content (AvgIpc) is 2.50. The summed E-state index contributed by atoms with van der Waals surface area (Å²) in [6.45, 7) is 6.78. The lowest BCUT2D eigenvalue weighted by atomic mass is 10.1. The molecule has 0 saturated carbocycles. The Labute approximate surface area is 133 Å². The predicted octanol–water partition coefficient (Wildman–Crippen LogP) is 4.00. The van der Waals surface area contributed by atoms with E-state index in [1.54, 1.807) is 13.8 Å². The first-order chi connectivity index (χ1) is 10.5. The lowest BCUT2D eigenvalue weighted by molar-refractivity contribution is -0.140. The Balaban J connectivity index is 2.78.